The largest absolute Gasteiger partial charge is 0.340 e. The van der Waals surface area contributed by atoms with Crippen molar-refractivity contribution in [2.75, 3.05) is 11.4 Å². The molecule has 1 fully saturated rings. The molecule has 1 saturated heterocycles. The highest BCUT2D eigenvalue weighted by Gasteiger charge is 2.31. The van der Waals surface area contributed by atoms with Gasteiger partial charge in [-0.05, 0) is 31.0 Å². The smallest absolute Gasteiger partial charge is 0.262 e. The van der Waals surface area contributed by atoms with Crippen LogP contribution in [0.5, 0.6) is 0 Å². The van der Waals surface area contributed by atoms with Crippen LogP contribution in [0.4, 0.5) is 5.69 Å². The predicted octanol–water partition coefficient (Wildman–Crippen LogP) is 1.94. The number of nitrogens with one attached hydrogen (secondary N) is 1. The number of aromatic nitrogens is 1. The van der Waals surface area contributed by atoms with Crippen molar-refractivity contribution < 1.29 is 9.59 Å². The van der Waals surface area contributed by atoms with Gasteiger partial charge in [0.2, 0.25) is 5.91 Å². The Morgan fingerprint density at radius 3 is 3.09 bits per heavy atom. The van der Waals surface area contributed by atoms with E-state index in [0.29, 0.717) is 23.4 Å². The normalized spacial score (nSPS) is 17.6. The fourth-order valence-electron chi connectivity index (χ4n) is 2.52. The van der Waals surface area contributed by atoms with Crippen LogP contribution >= 0.6 is 11.3 Å². The zero-order chi connectivity index (χ0) is 16.2. The summed E-state index contributed by atoms with van der Waals surface area (Å²) in [4.78, 5) is 30.9. The van der Waals surface area contributed by atoms with Gasteiger partial charge in [-0.15, -0.1) is 11.3 Å². The van der Waals surface area contributed by atoms with Crippen molar-refractivity contribution in [3.8, 4) is 6.07 Å². The van der Waals surface area contributed by atoms with E-state index in [4.69, 9.17) is 5.26 Å². The molecule has 2 amide bonds. The van der Waals surface area contributed by atoms with Crippen molar-refractivity contribution in [2.45, 2.75) is 18.9 Å². The number of carbonyl (C=O) groups is 2. The highest BCUT2D eigenvalue weighted by atomic mass is 32.1. The molecule has 0 bridgehead atoms. The molecule has 1 aliphatic rings. The fraction of sp³-hybridized carbons (Fsp3) is 0.250. The number of carbonyl (C=O) groups excluding carboxylic acids is 2. The molecule has 23 heavy (non-hydrogen) atoms. The molecule has 0 aliphatic carbocycles. The molecular formula is C16H14N4O2S. The summed E-state index contributed by atoms with van der Waals surface area (Å²) in [5, 5.41) is 13.2. The van der Waals surface area contributed by atoms with Crippen molar-refractivity contribution in [3.63, 3.8) is 0 Å². The first-order valence-corrected chi connectivity index (χ1v) is 8.08. The molecule has 3 heterocycles. The van der Waals surface area contributed by atoms with Gasteiger partial charge in [0, 0.05) is 18.1 Å². The van der Waals surface area contributed by atoms with Crippen LogP contribution < -0.4 is 10.2 Å². The lowest BCUT2D eigenvalue weighted by molar-refractivity contribution is -0.121. The van der Waals surface area contributed by atoms with Crippen molar-refractivity contribution in [1.82, 2.24) is 10.3 Å². The number of nitriles is 1. The van der Waals surface area contributed by atoms with Gasteiger partial charge in [-0.1, -0.05) is 0 Å². The van der Waals surface area contributed by atoms with Crippen LogP contribution in [0.15, 0.2) is 36.0 Å². The summed E-state index contributed by atoms with van der Waals surface area (Å²) in [6.45, 7) is 0.620. The number of hydrogen-bond donors (Lipinski definition) is 1. The quantitative estimate of drug-likeness (QED) is 0.934. The van der Waals surface area contributed by atoms with Crippen LogP contribution in [0.2, 0.25) is 0 Å². The number of hydrogen-bond acceptors (Lipinski definition) is 5. The monoisotopic (exact) mass is 326 g/mol. The Balaban J connectivity index is 1.71. The number of anilines is 1. The zero-order valence-electron chi connectivity index (χ0n) is 12.2. The van der Waals surface area contributed by atoms with Crippen LogP contribution in [0.3, 0.4) is 0 Å². The minimum absolute atomic E-state index is 0.130. The topological polar surface area (TPSA) is 86.1 Å². The van der Waals surface area contributed by atoms with E-state index in [2.05, 4.69) is 10.3 Å². The van der Waals surface area contributed by atoms with Gasteiger partial charge in [0.25, 0.3) is 5.91 Å². The van der Waals surface area contributed by atoms with Crippen LogP contribution in [0.1, 0.15) is 28.1 Å². The van der Waals surface area contributed by atoms with E-state index in [0.717, 1.165) is 12.1 Å². The van der Waals surface area contributed by atoms with Gasteiger partial charge in [0.05, 0.1) is 22.3 Å². The average molecular weight is 326 g/mol. The van der Waals surface area contributed by atoms with Gasteiger partial charge in [0.15, 0.2) is 0 Å². The van der Waals surface area contributed by atoms with Gasteiger partial charge in [-0.3, -0.25) is 14.6 Å². The Morgan fingerprint density at radius 2 is 2.39 bits per heavy atom. The van der Waals surface area contributed by atoms with Crippen LogP contribution in [0.25, 0.3) is 0 Å². The number of pyridine rings is 1. The third kappa shape index (κ3) is 3.22. The SMILES string of the molecule is N#Cc1csc(C(=O)N[C@H]2CCCN(c3cccnc3)C2=O)c1. The minimum Gasteiger partial charge on any atom is -0.340 e. The lowest BCUT2D eigenvalue weighted by Gasteiger charge is -2.32. The molecule has 1 atom stereocenters. The highest BCUT2D eigenvalue weighted by Crippen LogP contribution is 2.21. The maximum absolute atomic E-state index is 12.6. The molecule has 6 nitrogen and oxygen atoms in total. The van der Waals surface area contributed by atoms with Gasteiger partial charge < -0.3 is 10.2 Å². The Labute approximate surface area is 137 Å². The number of thiophene rings is 1. The summed E-state index contributed by atoms with van der Waals surface area (Å²) < 4.78 is 0. The van der Waals surface area contributed by atoms with E-state index >= 15 is 0 Å². The number of amides is 2. The van der Waals surface area contributed by atoms with Crippen molar-refractivity contribution in [3.05, 3.63) is 46.4 Å². The van der Waals surface area contributed by atoms with E-state index in [1.54, 1.807) is 28.7 Å². The second-order valence-electron chi connectivity index (χ2n) is 5.18. The molecule has 1 aliphatic heterocycles. The number of nitrogens with zero attached hydrogens (tertiary/aromatic N) is 3. The number of piperidine rings is 1. The van der Waals surface area contributed by atoms with Gasteiger partial charge in [-0.25, -0.2) is 0 Å². The predicted molar refractivity (Wildman–Crippen MR) is 86.1 cm³/mol. The first-order chi connectivity index (χ1) is 11.2. The summed E-state index contributed by atoms with van der Waals surface area (Å²) in [7, 11) is 0. The van der Waals surface area contributed by atoms with Crippen molar-refractivity contribution in [2.24, 2.45) is 0 Å². The molecule has 7 heteroatoms. The van der Waals surface area contributed by atoms with Gasteiger partial charge in [-0.2, -0.15) is 5.26 Å². The molecule has 116 valence electrons. The molecular weight excluding hydrogens is 312 g/mol. The van der Waals surface area contributed by atoms with Gasteiger partial charge >= 0.3 is 0 Å². The highest BCUT2D eigenvalue weighted by molar-refractivity contribution is 7.12. The average Bonchev–Trinajstić information content (AvgIpc) is 3.07. The molecule has 2 aromatic heterocycles. The Kier molecular flexibility index (Phi) is 4.35. The number of rotatable bonds is 3. The van der Waals surface area contributed by atoms with E-state index < -0.39 is 6.04 Å². The molecule has 0 radical (unpaired) electrons. The molecule has 1 N–H and O–H groups in total. The lowest BCUT2D eigenvalue weighted by Crippen LogP contribution is -2.52. The Hall–Kier alpha value is -2.72. The van der Waals surface area contributed by atoms with Crippen LogP contribution in [-0.2, 0) is 4.79 Å². The molecule has 3 rings (SSSR count). The molecule has 0 aromatic carbocycles. The van der Waals surface area contributed by atoms with E-state index in [9.17, 15) is 9.59 Å². The summed E-state index contributed by atoms with van der Waals surface area (Å²) in [6, 6.07) is 6.58. The van der Waals surface area contributed by atoms with Crippen molar-refractivity contribution in [1.29, 1.82) is 5.26 Å². The standard InChI is InChI=1S/C16H14N4O2S/c17-8-11-7-14(23-10-11)15(21)19-13-4-2-6-20(16(13)22)12-3-1-5-18-9-12/h1,3,5,7,9-10,13H,2,4,6H2,(H,19,21)/t13-/m0/s1. The molecule has 0 unspecified atom stereocenters. The summed E-state index contributed by atoms with van der Waals surface area (Å²) >= 11 is 1.20. The van der Waals surface area contributed by atoms with E-state index in [1.165, 1.54) is 17.4 Å². The fourth-order valence-corrected chi connectivity index (χ4v) is 3.26. The first kappa shape index (κ1) is 15.2. The van der Waals surface area contributed by atoms with Crippen LogP contribution in [0, 0.1) is 11.3 Å². The second kappa shape index (κ2) is 6.58. The maximum Gasteiger partial charge on any atom is 0.262 e. The summed E-state index contributed by atoms with van der Waals surface area (Å²) in [5.41, 5.74) is 1.19. The Bertz CT molecular complexity index is 766. The molecule has 0 saturated carbocycles. The maximum atomic E-state index is 12.6. The first-order valence-electron chi connectivity index (χ1n) is 7.20. The van der Waals surface area contributed by atoms with E-state index in [1.807, 2.05) is 12.1 Å². The second-order valence-corrected chi connectivity index (χ2v) is 6.09. The summed E-state index contributed by atoms with van der Waals surface area (Å²) in [5.74, 6) is -0.447. The lowest BCUT2D eigenvalue weighted by atomic mass is 10.0. The van der Waals surface area contributed by atoms with E-state index in [-0.39, 0.29) is 11.8 Å². The minimum atomic E-state index is -0.552. The third-order valence-corrected chi connectivity index (χ3v) is 4.58. The Morgan fingerprint density at radius 1 is 1.52 bits per heavy atom. The zero-order valence-corrected chi connectivity index (χ0v) is 13.0. The van der Waals surface area contributed by atoms with Crippen LogP contribution in [-0.4, -0.2) is 29.4 Å². The summed E-state index contributed by atoms with van der Waals surface area (Å²) in [6.07, 6.45) is 4.71. The molecule has 0 spiro atoms. The van der Waals surface area contributed by atoms with Crippen molar-refractivity contribution >= 4 is 28.8 Å². The van der Waals surface area contributed by atoms with Gasteiger partial charge in [0.1, 0.15) is 12.1 Å². The third-order valence-electron chi connectivity index (χ3n) is 3.65. The molecule has 2 aromatic rings.